The fourth-order valence-corrected chi connectivity index (χ4v) is 4.72. The number of carbonyl (C=O) groups is 1. The molecular weight excluding hydrogens is 419 g/mol. The third kappa shape index (κ3) is 5.19. The maximum Gasteiger partial charge on any atom is 0.416 e. The van der Waals surface area contributed by atoms with Crippen LogP contribution >= 0.6 is 0 Å². The van der Waals surface area contributed by atoms with Gasteiger partial charge in [-0.05, 0) is 67.9 Å². The van der Waals surface area contributed by atoms with Crippen molar-refractivity contribution in [3.63, 3.8) is 0 Å². The smallest absolute Gasteiger partial charge is 0.416 e. The predicted octanol–water partition coefficient (Wildman–Crippen LogP) is 5.50. The molecule has 4 rings (SSSR count). The van der Waals surface area contributed by atoms with Gasteiger partial charge in [0.15, 0.2) is 11.5 Å². The summed E-state index contributed by atoms with van der Waals surface area (Å²) in [6, 6.07) is 11.1. The highest BCUT2D eigenvalue weighted by Gasteiger charge is 2.33. The molecule has 1 N–H and O–H groups in total. The molecule has 172 valence electrons. The monoisotopic (exact) mass is 447 g/mol. The number of carbonyl (C=O) groups excluding carboxylic acids is 1. The minimum absolute atomic E-state index is 0.0559. The van der Waals surface area contributed by atoms with Crippen LogP contribution in [0.2, 0.25) is 0 Å². The van der Waals surface area contributed by atoms with Crippen molar-refractivity contribution < 1.29 is 27.4 Å². The average Bonchev–Trinajstić information content (AvgIpc) is 3.28. The molecule has 4 nitrogen and oxygen atoms in total. The lowest BCUT2D eigenvalue weighted by Gasteiger charge is -2.30. The van der Waals surface area contributed by atoms with Crippen LogP contribution in [0.4, 0.5) is 13.2 Å². The number of benzene rings is 2. The molecule has 2 atom stereocenters. The van der Waals surface area contributed by atoms with Crippen molar-refractivity contribution in [3.05, 3.63) is 59.2 Å². The van der Waals surface area contributed by atoms with E-state index in [1.165, 1.54) is 18.9 Å². The number of rotatable bonds is 6. The second-order valence-corrected chi connectivity index (χ2v) is 8.71. The van der Waals surface area contributed by atoms with Crippen LogP contribution in [0.5, 0.6) is 11.5 Å². The van der Waals surface area contributed by atoms with Crippen molar-refractivity contribution >= 4 is 5.91 Å². The molecule has 0 radical (unpaired) electrons. The van der Waals surface area contributed by atoms with Gasteiger partial charge in [-0.15, -0.1) is 0 Å². The Balaban J connectivity index is 1.50. The number of amides is 1. The second-order valence-electron chi connectivity index (χ2n) is 8.71. The van der Waals surface area contributed by atoms with Crippen molar-refractivity contribution in [2.75, 3.05) is 13.7 Å². The molecule has 2 fully saturated rings. The summed E-state index contributed by atoms with van der Waals surface area (Å²) in [5.41, 5.74) is 0.861. The van der Waals surface area contributed by atoms with E-state index in [2.05, 4.69) is 5.32 Å². The van der Waals surface area contributed by atoms with E-state index in [4.69, 9.17) is 9.47 Å². The number of ether oxygens (including phenoxy) is 2. The van der Waals surface area contributed by atoms with E-state index >= 15 is 0 Å². The first-order chi connectivity index (χ1) is 15.3. The van der Waals surface area contributed by atoms with Crippen LogP contribution in [0.25, 0.3) is 0 Å². The van der Waals surface area contributed by atoms with E-state index < -0.39 is 17.7 Å². The number of nitrogens with one attached hydrogen (secondary N) is 1. The van der Waals surface area contributed by atoms with Crippen molar-refractivity contribution in [2.45, 2.75) is 56.7 Å². The molecule has 1 saturated heterocycles. The van der Waals surface area contributed by atoms with Gasteiger partial charge in [0, 0.05) is 18.4 Å². The highest BCUT2D eigenvalue weighted by Crippen LogP contribution is 2.37. The summed E-state index contributed by atoms with van der Waals surface area (Å²) >= 11 is 0. The highest BCUT2D eigenvalue weighted by molar-refractivity contribution is 5.80. The molecule has 1 heterocycles. The molecule has 32 heavy (non-hydrogen) atoms. The maximum atomic E-state index is 13.1. The van der Waals surface area contributed by atoms with Crippen LogP contribution < -0.4 is 14.8 Å². The summed E-state index contributed by atoms with van der Waals surface area (Å²) < 4.78 is 50.8. The highest BCUT2D eigenvalue weighted by atomic mass is 19.4. The maximum absolute atomic E-state index is 13.1. The zero-order chi connectivity index (χ0) is 22.7. The largest absolute Gasteiger partial charge is 0.493 e. The van der Waals surface area contributed by atoms with Gasteiger partial charge in [0.05, 0.1) is 18.8 Å². The van der Waals surface area contributed by atoms with Crippen molar-refractivity contribution in [3.8, 4) is 11.5 Å². The molecule has 0 spiro atoms. The zero-order valence-electron chi connectivity index (χ0n) is 18.1. The lowest BCUT2D eigenvalue weighted by Crippen LogP contribution is -2.41. The van der Waals surface area contributed by atoms with Crippen molar-refractivity contribution in [1.82, 2.24) is 5.32 Å². The van der Waals surface area contributed by atoms with E-state index in [0.717, 1.165) is 30.5 Å². The first-order valence-corrected chi connectivity index (χ1v) is 11.1. The molecule has 0 aromatic heterocycles. The van der Waals surface area contributed by atoms with E-state index in [-0.39, 0.29) is 24.3 Å². The van der Waals surface area contributed by atoms with Crippen LogP contribution in [-0.2, 0) is 17.4 Å². The number of halogens is 3. The number of methoxy groups -OCH3 is 1. The summed E-state index contributed by atoms with van der Waals surface area (Å²) in [7, 11) is 1.61. The summed E-state index contributed by atoms with van der Waals surface area (Å²) in [5, 5.41) is 2.93. The number of piperidine rings is 1. The summed E-state index contributed by atoms with van der Waals surface area (Å²) in [4.78, 5) is 12.5. The third-order valence-electron chi connectivity index (χ3n) is 6.45. The molecule has 1 amide bonds. The molecular formula is C25H28F3NO3. The van der Waals surface area contributed by atoms with E-state index in [0.29, 0.717) is 30.0 Å². The van der Waals surface area contributed by atoms with Crippen molar-refractivity contribution in [1.29, 1.82) is 0 Å². The van der Waals surface area contributed by atoms with E-state index in [1.807, 2.05) is 18.2 Å². The number of hydrogen-bond donors (Lipinski definition) is 1. The van der Waals surface area contributed by atoms with Gasteiger partial charge >= 0.3 is 6.18 Å². The minimum Gasteiger partial charge on any atom is -0.493 e. The van der Waals surface area contributed by atoms with E-state index in [1.54, 1.807) is 13.2 Å². The Morgan fingerprint density at radius 1 is 1.06 bits per heavy atom. The van der Waals surface area contributed by atoms with Crippen LogP contribution in [0.1, 0.15) is 54.7 Å². The molecule has 1 aliphatic carbocycles. The molecule has 0 bridgehead atoms. The molecule has 7 heteroatoms. The number of alkyl halides is 3. The molecule has 2 aliphatic rings. The Labute approximate surface area is 186 Å². The van der Waals surface area contributed by atoms with Crippen molar-refractivity contribution in [2.24, 2.45) is 5.92 Å². The molecule has 0 unspecified atom stereocenters. The van der Waals surface area contributed by atoms with Crippen LogP contribution in [0.3, 0.4) is 0 Å². The van der Waals surface area contributed by atoms with Gasteiger partial charge in [0.25, 0.3) is 0 Å². The average molecular weight is 447 g/mol. The Kier molecular flexibility index (Phi) is 6.63. The Hall–Kier alpha value is -2.70. The molecule has 2 aromatic carbocycles. The van der Waals surface area contributed by atoms with Crippen LogP contribution in [0.15, 0.2) is 42.5 Å². The van der Waals surface area contributed by atoms with Gasteiger partial charge in [0.1, 0.15) is 0 Å². The zero-order valence-corrected chi connectivity index (χ0v) is 18.1. The van der Waals surface area contributed by atoms with Gasteiger partial charge < -0.3 is 14.8 Å². The first kappa shape index (κ1) is 22.5. The fourth-order valence-electron chi connectivity index (χ4n) is 4.72. The van der Waals surface area contributed by atoms with Crippen LogP contribution in [0, 0.1) is 5.92 Å². The molecule has 1 saturated carbocycles. The standard InChI is InChI=1S/C25H28F3NO3/c1-31-22-10-9-17(14-23(22)32-21-7-2-3-8-21)19-13-18(24(30)29-15-19)11-16-5-4-6-20(12-16)25(26,27)28/h4-6,9-10,12,14,18-19,21H,2-3,7-8,11,13,15H2,1H3,(H,29,30)/t18-,19-/m1/s1. The normalized spacial score (nSPS) is 21.9. The lowest BCUT2D eigenvalue weighted by atomic mass is 9.82. The topological polar surface area (TPSA) is 47.6 Å². The van der Waals surface area contributed by atoms with Gasteiger partial charge in [-0.2, -0.15) is 13.2 Å². The Bertz CT molecular complexity index is 954. The summed E-state index contributed by atoms with van der Waals surface area (Å²) in [5.74, 6) is 0.942. The van der Waals surface area contributed by atoms with E-state index in [9.17, 15) is 18.0 Å². The summed E-state index contributed by atoms with van der Waals surface area (Å²) in [6.07, 6.45) is 1.03. The quantitative estimate of drug-likeness (QED) is 0.636. The fraction of sp³-hybridized carbons (Fsp3) is 0.480. The predicted molar refractivity (Wildman–Crippen MR) is 115 cm³/mol. The number of hydrogen-bond acceptors (Lipinski definition) is 3. The molecule has 2 aromatic rings. The second kappa shape index (κ2) is 9.43. The Morgan fingerprint density at radius 3 is 2.56 bits per heavy atom. The molecule has 1 aliphatic heterocycles. The van der Waals surface area contributed by atoms with Gasteiger partial charge in [0.2, 0.25) is 5.91 Å². The SMILES string of the molecule is COc1ccc([C@H]2CNC(=O)[C@H](Cc3cccc(C(F)(F)F)c3)C2)cc1OC1CCCC1. The van der Waals surface area contributed by atoms with Gasteiger partial charge in [-0.25, -0.2) is 0 Å². The first-order valence-electron chi connectivity index (χ1n) is 11.1. The minimum atomic E-state index is -4.40. The summed E-state index contributed by atoms with van der Waals surface area (Å²) in [6.45, 7) is 0.493. The Morgan fingerprint density at radius 2 is 1.84 bits per heavy atom. The van der Waals surface area contributed by atoms with Gasteiger partial charge in [-0.3, -0.25) is 4.79 Å². The van der Waals surface area contributed by atoms with Gasteiger partial charge in [-0.1, -0.05) is 24.3 Å². The van der Waals surface area contributed by atoms with Crippen LogP contribution in [-0.4, -0.2) is 25.7 Å². The lowest BCUT2D eigenvalue weighted by molar-refractivity contribution is -0.137. The third-order valence-corrected chi connectivity index (χ3v) is 6.45.